The van der Waals surface area contributed by atoms with Gasteiger partial charge >= 0.3 is 5.97 Å². The zero-order valence-corrected chi connectivity index (χ0v) is 17.6. The van der Waals surface area contributed by atoms with Crippen molar-refractivity contribution in [3.63, 3.8) is 0 Å². The number of thioether (sulfide) groups is 1. The van der Waals surface area contributed by atoms with Crippen LogP contribution >= 0.6 is 11.8 Å². The highest BCUT2D eigenvalue weighted by Crippen LogP contribution is 2.52. The Kier molecular flexibility index (Phi) is 5.50. The number of carbonyl (C=O) groups excluding carboxylic acids is 1. The van der Waals surface area contributed by atoms with Crippen LogP contribution in [0.25, 0.3) is 0 Å². The third-order valence-corrected chi connectivity index (χ3v) is 8.52. The normalized spacial score (nSPS) is 39.4. The van der Waals surface area contributed by atoms with Gasteiger partial charge in [-0.05, 0) is 52.2 Å². The molecule has 3 saturated heterocycles. The number of aliphatic carboxylic acids is 1. The first-order valence-electron chi connectivity index (χ1n) is 10.4. The molecule has 0 saturated carbocycles. The van der Waals surface area contributed by atoms with Gasteiger partial charge in [0.05, 0.1) is 18.1 Å². The first-order chi connectivity index (χ1) is 13.3. The van der Waals surface area contributed by atoms with Gasteiger partial charge in [0.1, 0.15) is 5.70 Å². The quantitative estimate of drug-likeness (QED) is 0.562. The van der Waals surface area contributed by atoms with Crippen molar-refractivity contribution in [1.82, 2.24) is 15.1 Å². The van der Waals surface area contributed by atoms with Crippen LogP contribution in [0.1, 0.15) is 33.1 Å². The number of aliphatic hydroxyl groups excluding tert-OH is 1. The molecule has 4 aliphatic rings. The van der Waals surface area contributed by atoms with E-state index in [0.29, 0.717) is 11.3 Å². The van der Waals surface area contributed by atoms with E-state index in [1.54, 1.807) is 18.7 Å². The molecular weight excluding hydrogens is 378 g/mol. The monoisotopic (exact) mass is 409 g/mol. The lowest BCUT2D eigenvalue weighted by molar-refractivity contribution is -0.163. The van der Waals surface area contributed by atoms with Crippen molar-refractivity contribution in [2.45, 2.75) is 56.5 Å². The highest BCUT2D eigenvalue weighted by molar-refractivity contribution is 8.03. The molecule has 1 unspecified atom stereocenters. The maximum atomic E-state index is 12.5. The Morgan fingerprint density at radius 1 is 1.43 bits per heavy atom. The average molecular weight is 410 g/mol. The molecule has 156 valence electrons. The minimum absolute atomic E-state index is 0.0446. The third-order valence-electron chi connectivity index (χ3n) is 7.02. The molecular formula is C20H31N3O4S. The SMILES string of the molecule is C[C@H]1C(S[C@H]2C[C@@H](C[C@@H]3CCNC3)N(C)C2)=C(C(=O)O)N2C(=O)[C@H]([C@@H](C)O)C12. The molecule has 0 radical (unpaired) electrons. The second kappa shape index (κ2) is 7.63. The number of fused-ring (bicyclic) bond motifs is 1. The Labute approximate surface area is 170 Å². The van der Waals surface area contributed by atoms with Crippen molar-refractivity contribution < 1.29 is 19.8 Å². The van der Waals surface area contributed by atoms with Crippen molar-refractivity contribution in [2.24, 2.45) is 17.8 Å². The first kappa shape index (κ1) is 20.2. The summed E-state index contributed by atoms with van der Waals surface area (Å²) in [5.74, 6) is -1.08. The number of β-lactam (4-membered cyclic amide) rings is 1. The van der Waals surface area contributed by atoms with E-state index in [9.17, 15) is 19.8 Å². The highest BCUT2D eigenvalue weighted by Gasteiger charge is 2.60. The smallest absolute Gasteiger partial charge is 0.353 e. The molecule has 0 bridgehead atoms. The van der Waals surface area contributed by atoms with Crippen LogP contribution in [0.15, 0.2) is 10.6 Å². The Morgan fingerprint density at radius 2 is 2.18 bits per heavy atom. The van der Waals surface area contributed by atoms with Gasteiger partial charge in [-0.1, -0.05) is 6.92 Å². The van der Waals surface area contributed by atoms with E-state index in [1.807, 2.05) is 6.92 Å². The Bertz CT molecular complexity index is 691. The molecule has 4 rings (SSSR count). The highest BCUT2D eigenvalue weighted by atomic mass is 32.2. The van der Waals surface area contributed by atoms with Crippen molar-refractivity contribution in [3.05, 3.63) is 10.6 Å². The molecule has 4 aliphatic heterocycles. The summed E-state index contributed by atoms with van der Waals surface area (Å²) in [5.41, 5.74) is 0.149. The number of rotatable bonds is 6. The standard InChI is InChI=1S/C20H31N3O4S/c1-10-16-15(11(2)24)19(25)23(16)17(20(26)27)18(10)28-14-7-13(22(3)9-14)6-12-4-5-21-8-12/h10-16,21,24H,4-9H2,1-3H3,(H,26,27)/t10-,11-,12+,13-,14+,15-,16?/m1/s1. The number of carbonyl (C=O) groups is 2. The van der Waals surface area contributed by atoms with Crippen LogP contribution in [0.2, 0.25) is 0 Å². The van der Waals surface area contributed by atoms with Crippen molar-refractivity contribution in [3.8, 4) is 0 Å². The van der Waals surface area contributed by atoms with Crippen molar-refractivity contribution in [2.75, 3.05) is 26.7 Å². The fourth-order valence-electron chi connectivity index (χ4n) is 5.55. The molecule has 8 heteroatoms. The van der Waals surface area contributed by atoms with E-state index in [1.165, 1.54) is 17.7 Å². The summed E-state index contributed by atoms with van der Waals surface area (Å²) in [6.45, 7) is 6.77. The van der Waals surface area contributed by atoms with E-state index in [2.05, 4.69) is 17.3 Å². The van der Waals surface area contributed by atoms with E-state index < -0.39 is 18.0 Å². The molecule has 7 nitrogen and oxygen atoms in total. The van der Waals surface area contributed by atoms with Crippen LogP contribution in [0, 0.1) is 17.8 Å². The topological polar surface area (TPSA) is 93.1 Å². The number of carboxylic acids is 1. The Morgan fingerprint density at radius 3 is 2.79 bits per heavy atom. The lowest BCUT2D eigenvalue weighted by Gasteiger charge is -2.46. The molecule has 7 atom stereocenters. The lowest BCUT2D eigenvalue weighted by Crippen LogP contribution is -2.63. The average Bonchev–Trinajstić information content (AvgIpc) is 3.29. The molecule has 28 heavy (non-hydrogen) atoms. The number of carboxylic acid groups (broad SMARTS) is 1. The van der Waals surface area contributed by atoms with Gasteiger partial charge in [0, 0.05) is 28.7 Å². The number of aliphatic hydroxyl groups is 1. The Hall–Kier alpha value is -1.09. The number of nitrogens with one attached hydrogen (secondary N) is 1. The zero-order chi connectivity index (χ0) is 20.2. The molecule has 3 N–H and O–H groups in total. The molecule has 0 aromatic heterocycles. The van der Waals surface area contributed by atoms with Gasteiger partial charge < -0.3 is 25.3 Å². The summed E-state index contributed by atoms with van der Waals surface area (Å²) in [6.07, 6.45) is 2.74. The predicted octanol–water partition coefficient (Wildman–Crippen LogP) is 0.946. The van der Waals surface area contributed by atoms with Gasteiger partial charge in [-0.15, -0.1) is 11.8 Å². The minimum atomic E-state index is -1.03. The molecule has 4 heterocycles. The molecule has 0 aromatic carbocycles. The molecule has 0 aliphatic carbocycles. The summed E-state index contributed by atoms with van der Waals surface area (Å²) in [7, 11) is 2.17. The van der Waals surface area contributed by atoms with Crippen molar-refractivity contribution in [1.29, 1.82) is 0 Å². The fourth-order valence-corrected chi connectivity index (χ4v) is 7.19. The van der Waals surface area contributed by atoms with Crippen LogP contribution in [0.4, 0.5) is 0 Å². The number of nitrogens with zero attached hydrogens (tertiary/aromatic N) is 2. The predicted molar refractivity (Wildman–Crippen MR) is 108 cm³/mol. The second-order valence-corrected chi connectivity index (χ2v) is 10.3. The molecule has 3 fully saturated rings. The van der Waals surface area contributed by atoms with Crippen LogP contribution in [0.3, 0.4) is 0 Å². The lowest BCUT2D eigenvalue weighted by atomic mass is 9.79. The fraction of sp³-hybridized carbons (Fsp3) is 0.800. The second-order valence-electron chi connectivity index (χ2n) is 8.94. The van der Waals surface area contributed by atoms with E-state index in [4.69, 9.17) is 0 Å². The van der Waals surface area contributed by atoms with Gasteiger partial charge in [-0.3, -0.25) is 4.79 Å². The summed E-state index contributed by atoms with van der Waals surface area (Å²) in [5, 5.41) is 23.5. The summed E-state index contributed by atoms with van der Waals surface area (Å²) in [4.78, 5) is 29.1. The van der Waals surface area contributed by atoms with Crippen LogP contribution < -0.4 is 5.32 Å². The number of hydrogen-bond acceptors (Lipinski definition) is 6. The summed E-state index contributed by atoms with van der Waals surface area (Å²) < 4.78 is 0. The van der Waals surface area contributed by atoms with E-state index in [0.717, 1.165) is 36.9 Å². The molecule has 1 amide bonds. The maximum Gasteiger partial charge on any atom is 0.353 e. The molecule has 0 spiro atoms. The summed E-state index contributed by atoms with van der Waals surface area (Å²) >= 11 is 1.65. The van der Waals surface area contributed by atoms with Gasteiger partial charge in [-0.2, -0.15) is 0 Å². The summed E-state index contributed by atoms with van der Waals surface area (Å²) in [6, 6.07) is 0.317. The van der Waals surface area contributed by atoms with Gasteiger partial charge in [0.2, 0.25) is 5.91 Å². The van der Waals surface area contributed by atoms with E-state index in [-0.39, 0.29) is 23.6 Å². The Balaban J connectivity index is 1.48. The first-order valence-corrected chi connectivity index (χ1v) is 11.2. The number of likely N-dealkylation sites (tertiary alicyclic amines) is 1. The number of hydrogen-bond donors (Lipinski definition) is 3. The van der Waals surface area contributed by atoms with Crippen LogP contribution in [0.5, 0.6) is 0 Å². The van der Waals surface area contributed by atoms with Gasteiger partial charge in [0.25, 0.3) is 0 Å². The largest absolute Gasteiger partial charge is 0.477 e. The van der Waals surface area contributed by atoms with Crippen LogP contribution in [-0.4, -0.2) is 82.0 Å². The van der Waals surface area contributed by atoms with Gasteiger partial charge in [0.15, 0.2) is 0 Å². The van der Waals surface area contributed by atoms with E-state index >= 15 is 0 Å². The number of amides is 1. The maximum absolute atomic E-state index is 12.5. The van der Waals surface area contributed by atoms with Crippen molar-refractivity contribution >= 4 is 23.6 Å². The minimum Gasteiger partial charge on any atom is -0.477 e. The van der Waals surface area contributed by atoms with Gasteiger partial charge in [-0.25, -0.2) is 4.79 Å². The third kappa shape index (κ3) is 3.28. The molecule has 0 aromatic rings. The van der Waals surface area contributed by atoms with Crippen LogP contribution in [-0.2, 0) is 9.59 Å². The zero-order valence-electron chi connectivity index (χ0n) is 16.8.